The van der Waals surface area contributed by atoms with E-state index < -0.39 is 0 Å². The molecule has 0 spiro atoms. The highest BCUT2D eigenvalue weighted by Gasteiger charge is 2.20. The number of nitrogens with zero attached hydrogens (tertiary/aromatic N) is 4. The Morgan fingerprint density at radius 3 is 1.65 bits per heavy atom. The predicted octanol–water partition coefficient (Wildman–Crippen LogP) is 2.25. The Kier molecular flexibility index (Phi) is 12.9. The number of hydrogen-bond donors (Lipinski definition) is 1. The minimum absolute atomic E-state index is 0.0102. The molecule has 0 heterocycles. The van der Waals surface area contributed by atoms with E-state index >= 15 is 0 Å². The van der Waals surface area contributed by atoms with E-state index in [1.54, 1.807) is 0 Å². The molecule has 11 nitrogen and oxygen atoms in total. The fourth-order valence-corrected chi connectivity index (χ4v) is 2.93. The van der Waals surface area contributed by atoms with E-state index in [4.69, 9.17) is 19.7 Å². The first-order valence-electron chi connectivity index (χ1n) is 9.48. The Morgan fingerprint density at radius 2 is 1.16 bits per heavy atom. The number of hydrogen-bond acceptors (Lipinski definition) is 11. The molecule has 0 radical (unpaired) electrons. The van der Waals surface area contributed by atoms with E-state index in [2.05, 4.69) is 20.1 Å². The van der Waals surface area contributed by atoms with Crippen molar-refractivity contribution in [1.82, 2.24) is 0 Å². The van der Waals surface area contributed by atoms with Gasteiger partial charge in [-0.1, -0.05) is 0 Å². The molecule has 1 rings (SSSR count). The first kappa shape index (κ1) is 25.7. The van der Waals surface area contributed by atoms with E-state index in [0.717, 1.165) is 16.7 Å². The number of ether oxygens (including phenoxy) is 3. The highest BCUT2D eigenvalue weighted by molar-refractivity contribution is 5.56. The van der Waals surface area contributed by atoms with Gasteiger partial charge in [-0.3, -0.25) is 0 Å². The van der Waals surface area contributed by atoms with Crippen molar-refractivity contribution in [1.29, 1.82) is 5.53 Å². The highest BCUT2D eigenvalue weighted by Crippen LogP contribution is 2.35. The van der Waals surface area contributed by atoms with Crippen molar-refractivity contribution in [3.05, 3.63) is 27.8 Å². The minimum atomic E-state index is 0.0102. The van der Waals surface area contributed by atoms with Crippen LogP contribution in [0.5, 0.6) is 5.75 Å². The van der Waals surface area contributed by atoms with Gasteiger partial charge < -0.3 is 14.2 Å². The van der Waals surface area contributed by atoms with Gasteiger partial charge in [0.25, 0.3) is 0 Å². The molecule has 1 aromatic carbocycles. The van der Waals surface area contributed by atoms with E-state index in [0.29, 0.717) is 43.2 Å². The summed E-state index contributed by atoms with van der Waals surface area (Å²) in [5, 5.41) is 3.19. The molecule has 31 heavy (non-hydrogen) atoms. The fourth-order valence-electron chi connectivity index (χ4n) is 2.93. The van der Waals surface area contributed by atoms with E-state index in [-0.39, 0.29) is 32.8 Å². The van der Waals surface area contributed by atoms with E-state index in [1.807, 2.05) is 13.8 Å². The van der Waals surface area contributed by atoms with E-state index in [1.165, 1.54) is 18.2 Å². The third kappa shape index (κ3) is 8.52. The SMILES string of the molecule is Cc1c(CN=C=O)c(C)c(CN=C=O)c(OCCOCCOCCN=N)c1CN=C=O. The second-order valence-corrected chi connectivity index (χ2v) is 6.19. The monoisotopic (exact) mass is 431 g/mol. The maximum atomic E-state index is 10.7. The second kappa shape index (κ2) is 15.5. The molecule has 0 saturated carbocycles. The summed E-state index contributed by atoms with van der Waals surface area (Å²) in [6, 6.07) is 0. The van der Waals surface area contributed by atoms with Crippen molar-refractivity contribution in [3.63, 3.8) is 0 Å². The summed E-state index contributed by atoms with van der Waals surface area (Å²) in [6.07, 6.45) is 4.52. The summed E-state index contributed by atoms with van der Waals surface area (Å²) in [5.41, 5.74) is 10.2. The largest absolute Gasteiger partial charge is 0.490 e. The Hall–Kier alpha value is -3.32. The number of rotatable bonds is 16. The average molecular weight is 431 g/mol. The summed E-state index contributed by atoms with van der Waals surface area (Å²) in [6.45, 7) is 5.61. The van der Waals surface area contributed by atoms with Gasteiger partial charge in [0.05, 0.1) is 52.6 Å². The third-order valence-corrected chi connectivity index (χ3v) is 4.46. The first-order chi connectivity index (χ1) is 15.1. The minimum Gasteiger partial charge on any atom is -0.490 e. The second-order valence-electron chi connectivity index (χ2n) is 6.19. The zero-order chi connectivity index (χ0) is 22.9. The molecule has 1 aromatic rings. The van der Waals surface area contributed by atoms with Crippen LogP contribution in [-0.4, -0.2) is 57.8 Å². The van der Waals surface area contributed by atoms with Gasteiger partial charge in [-0.15, -0.1) is 0 Å². The molecule has 0 saturated heterocycles. The van der Waals surface area contributed by atoms with Gasteiger partial charge in [-0.25, -0.2) is 34.9 Å². The standard InChI is InChI=1S/C20H25N5O6/c1-15-17(9-22-12-26)16(2)19(11-24-14-28)20(18(15)10-23-13-27)31-8-7-30-6-5-29-4-3-25-21/h21H,3-11H2,1-2H3. The lowest BCUT2D eigenvalue weighted by atomic mass is 9.91. The van der Waals surface area contributed by atoms with Crippen molar-refractivity contribution in [3.8, 4) is 5.75 Å². The van der Waals surface area contributed by atoms with Crippen molar-refractivity contribution in [2.45, 2.75) is 33.5 Å². The number of benzene rings is 1. The molecule has 0 aliphatic rings. The van der Waals surface area contributed by atoms with Crippen LogP contribution in [0.25, 0.3) is 0 Å². The maximum Gasteiger partial charge on any atom is 0.235 e. The number of isocyanates is 3. The molecule has 0 atom stereocenters. The lowest BCUT2D eigenvalue weighted by Gasteiger charge is -2.21. The van der Waals surface area contributed by atoms with Gasteiger partial charge >= 0.3 is 0 Å². The van der Waals surface area contributed by atoms with Crippen molar-refractivity contribution >= 4 is 18.2 Å². The Bertz CT molecular complexity index is 838. The molecule has 0 amide bonds. The molecule has 11 heteroatoms. The van der Waals surface area contributed by atoms with Crippen LogP contribution in [-0.2, 0) is 43.5 Å². The molecule has 166 valence electrons. The van der Waals surface area contributed by atoms with Gasteiger partial charge in [0.15, 0.2) is 0 Å². The van der Waals surface area contributed by atoms with Crippen LogP contribution >= 0.6 is 0 Å². The van der Waals surface area contributed by atoms with Crippen LogP contribution < -0.4 is 4.74 Å². The zero-order valence-corrected chi connectivity index (χ0v) is 17.6. The fraction of sp³-hybridized carbons (Fsp3) is 0.550. The van der Waals surface area contributed by atoms with Gasteiger partial charge in [0, 0.05) is 11.1 Å². The molecule has 0 unspecified atom stereocenters. The highest BCUT2D eigenvalue weighted by atomic mass is 16.5. The Morgan fingerprint density at radius 1 is 0.710 bits per heavy atom. The van der Waals surface area contributed by atoms with Crippen LogP contribution in [0.2, 0.25) is 0 Å². The predicted molar refractivity (Wildman–Crippen MR) is 109 cm³/mol. The van der Waals surface area contributed by atoms with Crippen LogP contribution in [0.3, 0.4) is 0 Å². The lowest BCUT2D eigenvalue weighted by molar-refractivity contribution is 0.0383. The van der Waals surface area contributed by atoms with Crippen LogP contribution in [0.15, 0.2) is 20.1 Å². The summed E-state index contributed by atoms with van der Waals surface area (Å²) in [5.74, 6) is 0.448. The Labute approximate surface area is 179 Å². The quantitative estimate of drug-likeness (QED) is 0.183. The maximum absolute atomic E-state index is 10.7. The average Bonchev–Trinajstić information content (AvgIpc) is 2.77. The number of aliphatic imine (C=N–C) groups is 3. The van der Waals surface area contributed by atoms with Gasteiger partial charge in [-0.05, 0) is 30.5 Å². The molecular formula is C20H25N5O6. The van der Waals surface area contributed by atoms with Crippen molar-refractivity contribution < 1.29 is 28.6 Å². The molecule has 0 aliphatic heterocycles. The number of carbonyl (C=O) groups excluding carboxylic acids is 3. The van der Waals surface area contributed by atoms with Crippen LogP contribution in [0.1, 0.15) is 27.8 Å². The zero-order valence-electron chi connectivity index (χ0n) is 17.6. The molecule has 1 N–H and O–H groups in total. The van der Waals surface area contributed by atoms with Gasteiger partial charge in [0.2, 0.25) is 18.2 Å². The van der Waals surface area contributed by atoms with Gasteiger partial charge in [0.1, 0.15) is 12.4 Å². The summed E-state index contributed by atoms with van der Waals surface area (Å²) in [4.78, 5) is 42.9. The van der Waals surface area contributed by atoms with Crippen molar-refractivity contribution in [2.75, 3.05) is 39.6 Å². The lowest BCUT2D eigenvalue weighted by Crippen LogP contribution is -2.14. The van der Waals surface area contributed by atoms with Crippen LogP contribution in [0.4, 0.5) is 0 Å². The third-order valence-electron chi connectivity index (χ3n) is 4.46. The topological polar surface area (TPSA) is 152 Å². The number of nitrogens with one attached hydrogen (secondary N) is 1. The molecule has 0 fully saturated rings. The van der Waals surface area contributed by atoms with Gasteiger partial charge in [-0.2, -0.15) is 5.11 Å². The molecule has 0 aliphatic carbocycles. The summed E-state index contributed by atoms with van der Waals surface area (Å²) < 4.78 is 16.6. The normalized spacial score (nSPS) is 9.87. The first-order valence-corrected chi connectivity index (χ1v) is 9.48. The summed E-state index contributed by atoms with van der Waals surface area (Å²) in [7, 11) is 0. The summed E-state index contributed by atoms with van der Waals surface area (Å²) >= 11 is 0. The van der Waals surface area contributed by atoms with E-state index in [9.17, 15) is 14.4 Å². The molecule has 0 aromatic heterocycles. The van der Waals surface area contributed by atoms with Crippen molar-refractivity contribution in [2.24, 2.45) is 20.1 Å². The smallest absolute Gasteiger partial charge is 0.235 e. The molecular weight excluding hydrogens is 406 g/mol. The molecule has 0 bridgehead atoms. The Balaban J connectivity index is 3.05. The van der Waals surface area contributed by atoms with Crippen LogP contribution in [0, 0.1) is 19.4 Å².